The molecule has 1 N–H and O–H groups in total. The lowest BCUT2D eigenvalue weighted by Gasteiger charge is -2.20. The number of hydrogen-bond donors (Lipinski definition) is 1. The second kappa shape index (κ2) is 8.26. The zero-order valence-electron chi connectivity index (χ0n) is 16.6. The van der Waals surface area contributed by atoms with E-state index in [1.54, 1.807) is 25.1 Å². The van der Waals surface area contributed by atoms with Crippen molar-refractivity contribution >= 4 is 43.2 Å². The summed E-state index contributed by atoms with van der Waals surface area (Å²) in [6.45, 7) is 1.66. The van der Waals surface area contributed by atoms with Gasteiger partial charge >= 0.3 is 0 Å². The van der Waals surface area contributed by atoms with Crippen molar-refractivity contribution in [3.63, 3.8) is 0 Å². The van der Waals surface area contributed by atoms with Crippen molar-refractivity contribution in [3.8, 4) is 0 Å². The van der Waals surface area contributed by atoms with Crippen LogP contribution in [-0.2, 0) is 14.8 Å². The molecule has 0 fully saturated rings. The van der Waals surface area contributed by atoms with Gasteiger partial charge in [-0.3, -0.25) is 4.79 Å². The molecule has 0 aromatic heterocycles. The first-order valence-electron chi connectivity index (χ1n) is 9.75. The van der Waals surface area contributed by atoms with Gasteiger partial charge in [-0.15, -0.1) is 0 Å². The van der Waals surface area contributed by atoms with Gasteiger partial charge in [0.2, 0.25) is 15.9 Å². The summed E-state index contributed by atoms with van der Waals surface area (Å²) in [6.07, 6.45) is 0. The molecule has 0 radical (unpaired) electrons. The Balaban J connectivity index is 1.57. The lowest BCUT2D eigenvalue weighted by molar-refractivity contribution is -0.116. The standard InChI is InChI=1S/C24H22N2O3S/c1-2-26(30(28,29)21-15-14-18-8-3-4-10-20(18)16-21)17-24(27)25-23-13-7-11-19-9-5-6-12-22(19)23/h3-16H,2,17H2,1H3,(H,25,27). The van der Waals surface area contributed by atoms with Gasteiger partial charge in [0.15, 0.2) is 0 Å². The summed E-state index contributed by atoms with van der Waals surface area (Å²) >= 11 is 0. The number of carbonyl (C=O) groups excluding carboxylic acids is 1. The molecule has 0 heterocycles. The van der Waals surface area contributed by atoms with E-state index in [4.69, 9.17) is 0 Å². The quantitative estimate of drug-likeness (QED) is 0.496. The largest absolute Gasteiger partial charge is 0.324 e. The number of hydrogen-bond acceptors (Lipinski definition) is 3. The number of rotatable bonds is 6. The summed E-state index contributed by atoms with van der Waals surface area (Å²) in [6, 6.07) is 26.0. The molecule has 0 saturated carbocycles. The lowest BCUT2D eigenvalue weighted by atomic mass is 10.1. The summed E-state index contributed by atoms with van der Waals surface area (Å²) in [5.74, 6) is -0.377. The summed E-state index contributed by atoms with van der Waals surface area (Å²) in [7, 11) is -3.80. The average Bonchev–Trinajstić information content (AvgIpc) is 2.77. The maximum atomic E-state index is 13.2. The predicted molar refractivity (Wildman–Crippen MR) is 121 cm³/mol. The lowest BCUT2D eigenvalue weighted by Crippen LogP contribution is -2.37. The molecule has 0 aliphatic carbocycles. The molecule has 4 aromatic rings. The SMILES string of the molecule is CCN(CC(=O)Nc1cccc2ccccc12)S(=O)(=O)c1ccc2ccccc2c1. The van der Waals surface area contributed by atoms with Crippen molar-refractivity contribution in [2.24, 2.45) is 0 Å². The van der Waals surface area contributed by atoms with E-state index in [0.29, 0.717) is 5.69 Å². The molecule has 152 valence electrons. The summed E-state index contributed by atoms with van der Waals surface area (Å²) in [4.78, 5) is 12.9. The van der Waals surface area contributed by atoms with E-state index in [-0.39, 0.29) is 23.9 Å². The minimum Gasteiger partial charge on any atom is -0.324 e. The first kappa shape index (κ1) is 20.1. The van der Waals surface area contributed by atoms with Crippen LogP contribution in [0.1, 0.15) is 6.92 Å². The number of anilines is 1. The zero-order valence-corrected chi connectivity index (χ0v) is 17.4. The maximum absolute atomic E-state index is 13.2. The molecule has 0 aliphatic rings. The Hall–Kier alpha value is -3.22. The molecule has 0 unspecified atom stereocenters. The third-order valence-corrected chi connectivity index (χ3v) is 7.01. The Bertz CT molecular complexity index is 1330. The number of benzene rings is 4. The van der Waals surface area contributed by atoms with Crippen LogP contribution in [0.25, 0.3) is 21.5 Å². The van der Waals surface area contributed by atoms with Gasteiger partial charge < -0.3 is 5.32 Å². The summed E-state index contributed by atoms with van der Waals surface area (Å²) in [5.41, 5.74) is 0.664. The Labute approximate surface area is 176 Å². The van der Waals surface area contributed by atoms with Gasteiger partial charge in [-0.2, -0.15) is 4.31 Å². The molecule has 30 heavy (non-hydrogen) atoms. The number of sulfonamides is 1. The maximum Gasteiger partial charge on any atom is 0.243 e. The fourth-order valence-corrected chi connectivity index (χ4v) is 4.97. The van der Waals surface area contributed by atoms with Crippen molar-refractivity contribution < 1.29 is 13.2 Å². The first-order valence-corrected chi connectivity index (χ1v) is 11.2. The molecule has 5 nitrogen and oxygen atoms in total. The first-order chi connectivity index (χ1) is 14.5. The molecular formula is C24H22N2O3S. The summed E-state index contributed by atoms with van der Waals surface area (Å²) < 4.78 is 27.5. The fraction of sp³-hybridized carbons (Fsp3) is 0.125. The predicted octanol–water partition coefficient (Wildman–Crippen LogP) is 4.64. The molecular weight excluding hydrogens is 396 g/mol. The van der Waals surface area contributed by atoms with Crippen LogP contribution in [0.3, 0.4) is 0 Å². The van der Waals surface area contributed by atoms with E-state index in [0.717, 1.165) is 21.5 Å². The van der Waals surface area contributed by atoms with Gasteiger partial charge in [0.05, 0.1) is 11.4 Å². The molecule has 0 saturated heterocycles. The Morgan fingerprint density at radius 1 is 0.833 bits per heavy atom. The van der Waals surface area contributed by atoms with Crippen molar-refractivity contribution in [2.45, 2.75) is 11.8 Å². The van der Waals surface area contributed by atoms with Gasteiger partial charge in [-0.25, -0.2) is 8.42 Å². The van der Waals surface area contributed by atoms with E-state index in [1.807, 2.05) is 66.7 Å². The van der Waals surface area contributed by atoms with Crippen LogP contribution in [-0.4, -0.2) is 31.7 Å². The Morgan fingerprint density at radius 3 is 2.27 bits per heavy atom. The molecule has 4 rings (SSSR count). The Morgan fingerprint density at radius 2 is 1.50 bits per heavy atom. The van der Waals surface area contributed by atoms with Crippen molar-refractivity contribution in [1.29, 1.82) is 0 Å². The highest BCUT2D eigenvalue weighted by Crippen LogP contribution is 2.24. The van der Waals surface area contributed by atoms with Crippen LogP contribution in [0.15, 0.2) is 89.8 Å². The van der Waals surface area contributed by atoms with Gasteiger partial charge in [0, 0.05) is 17.6 Å². The molecule has 0 spiro atoms. The van der Waals surface area contributed by atoms with E-state index >= 15 is 0 Å². The third kappa shape index (κ3) is 3.92. The smallest absolute Gasteiger partial charge is 0.243 e. The molecule has 0 aliphatic heterocycles. The topological polar surface area (TPSA) is 66.5 Å². The molecule has 4 aromatic carbocycles. The number of amides is 1. The summed E-state index contributed by atoms with van der Waals surface area (Å²) in [5, 5.41) is 6.58. The molecule has 0 bridgehead atoms. The molecule has 0 atom stereocenters. The number of nitrogens with one attached hydrogen (secondary N) is 1. The van der Waals surface area contributed by atoms with Crippen molar-refractivity contribution in [1.82, 2.24) is 4.31 Å². The minimum absolute atomic E-state index is 0.181. The van der Waals surface area contributed by atoms with Crippen molar-refractivity contribution in [3.05, 3.63) is 84.9 Å². The van der Waals surface area contributed by atoms with Crippen LogP contribution in [0.4, 0.5) is 5.69 Å². The third-order valence-electron chi connectivity index (χ3n) is 5.10. The molecule has 6 heteroatoms. The second-order valence-corrected chi connectivity index (χ2v) is 8.95. The van der Waals surface area contributed by atoms with Crippen LogP contribution >= 0.6 is 0 Å². The second-order valence-electron chi connectivity index (χ2n) is 7.02. The van der Waals surface area contributed by atoms with E-state index in [2.05, 4.69) is 5.32 Å². The van der Waals surface area contributed by atoms with Gasteiger partial charge in [0.25, 0.3) is 0 Å². The highest BCUT2D eigenvalue weighted by atomic mass is 32.2. The number of nitrogens with zero attached hydrogens (tertiary/aromatic N) is 1. The van der Waals surface area contributed by atoms with E-state index in [9.17, 15) is 13.2 Å². The van der Waals surface area contributed by atoms with Crippen molar-refractivity contribution in [2.75, 3.05) is 18.4 Å². The van der Waals surface area contributed by atoms with Gasteiger partial charge in [-0.1, -0.05) is 73.7 Å². The van der Waals surface area contributed by atoms with Crippen LogP contribution < -0.4 is 5.32 Å². The van der Waals surface area contributed by atoms with Gasteiger partial charge in [0.1, 0.15) is 0 Å². The monoisotopic (exact) mass is 418 g/mol. The Kier molecular flexibility index (Phi) is 5.53. The van der Waals surface area contributed by atoms with Crippen LogP contribution in [0.5, 0.6) is 0 Å². The highest BCUT2D eigenvalue weighted by molar-refractivity contribution is 7.89. The number of fused-ring (bicyclic) bond motifs is 2. The minimum atomic E-state index is -3.80. The fourth-order valence-electron chi connectivity index (χ4n) is 3.53. The molecule has 1 amide bonds. The van der Waals surface area contributed by atoms with Gasteiger partial charge in [-0.05, 0) is 34.4 Å². The van der Waals surface area contributed by atoms with Crippen LogP contribution in [0, 0.1) is 0 Å². The van der Waals surface area contributed by atoms with Crippen LogP contribution in [0.2, 0.25) is 0 Å². The zero-order chi connectivity index (χ0) is 21.1. The number of carbonyl (C=O) groups is 1. The highest BCUT2D eigenvalue weighted by Gasteiger charge is 2.25. The normalized spacial score (nSPS) is 11.8. The van der Waals surface area contributed by atoms with E-state index < -0.39 is 10.0 Å². The van der Waals surface area contributed by atoms with E-state index in [1.165, 1.54) is 4.31 Å². The number of likely N-dealkylation sites (N-methyl/N-ethyl adjacent to an activating group) is 1. The average molecular weight is 419 g/mol.